The normalized spacial score (nSPS) is 10.7. The van der Waals surface area contributed by atoms with E-state index in [4.69, 9.17) is 4.42 Å². The predicted molar refractivity (Wildman–Crippen MR) is 94.8 cm³/mol. The van der Waals surface area contributed by atoms with Crippen molar-refractivity contribution < 1.29 is 9.21 Å². The molecule has 118 valence electrons. The molecule has 0 aliphatic carbocycles. The van der Waals surface area contributed by atoms with Crippen LogP contribution in [0.15, 0.2) is 69.5 Å². The van der Waals surface area contributed by atoms with Gasteiger partial charge in [-0.15, -0.1) is 23.1 Å². The lowest BCUT2D eigenvalue weighted by atomic mass is 10.2. The van der Waals surface area contributed by atoms with Crippen molar-refractivity contribution in [1.29, 1.82) is 0 Å². The highest BCUT2D eigenvalue weighted by atomic mass is 32.2. The zero-order valence-corrected chi connectivity index (χ0v) is 14.4. The average Bonchev–Trinajstić information content (AvgIpc) is 3.27. The van der Waals surface area contributed by atoms with E-state index in [0.717, 1.165) is 15.5 Å². The van der Waals surface area contributed by atoms with Crippen molar-refractivity contribution in [3.63, 3.8) is 0 Å². The summed E-state index contributed by atoms with van der Waals surface area (Å²) in [6.45, 7) is 1.05. The first-order valence-electron chi connectivity index (χ1n) is 7.24. The van der Waals surface area contributed by atoms with Crippen LogP contribution < -0.4 is 0 Å². The zero-order chi connectivity index (χ0) is 16.1. The number of rotatable bonds is 6. The molecule has 1 aromatic carbocycles. The summed E-state index contributed by atoms with van der Waals surface area (Å²) in [5.41, 5.74) is 0.700. The Labute approximate surface area is 143 Å². The summed E-state index contributed by atoms with van der Waals surface area (Å²) in [5, 5.41) is 2.03. The van der Waals surface area contributed by atoms with Crippen molar-refractivity contribution in [3.8, 4) is 0 Å². The molecule has 0 saturated carbocycles. The number of amides is 1. The number of carbonyl (C=O) groups excluding carboxylic acids is 1. The maximum Gasteiger partial charge on any atom is 0.254 e. The van der Waals surface area contributed by atoms with Crippen LogP contribution in [0.5, 0.6) is 0 Å². The van der Waals surface area contributed by atoms with Gasteiger partial charge in [0.2, 0.25) is 0 Å². The van der Waals surface area contributed by atoms with Crippen molar-refractivity contribution >= 4 is 29.0 Å². The van der Waals surface area contributed by atoms with Gasteiger partial charge in [-0.1, -0.05) is 6.07 Å². The van der Waals surface area contributed by atoms with Crippen molar-refractivity contribution in [1.82, 2.24) is 4.90 Å². The predicted octanol–water partition coefficient (Wildman–Crippen LogP) is 4.91. The molecule has 0 fully saturated rings. The number of hydrogen-bond acceptors (Lipinski definition) is 4. The first-order valence-corrected chi connectivity index (χ1v) is 9.35. The summed E-state index contributed by atoms with van der Waals surface area (Å²) in [4.78, 5) is 17.0. The van der Waals surface area contributed by atoms with Crippen molar-refractivity contribution in [3.05, 3.63) is 76.4 Å². The topological polar surface area (TPSA) is 33.5 Å². The minimum atomic E-state index is 0.0162. The number of carbonyl (C=O) groups is 1. The smallest absolute Gasteiger partial charge is 0.254 e. The number of hydrogen-bond donors (Lipinski definition) is 0. The van der Waals surface area contributed by atoms with Crippen LogP contribution in [-0.4, -0.2) is 17.1 Å². The zero-order valence-electron chi connectivity index (χ0n) is 12.8. The summed E-state index contributed by atoms with van der Waals surface area (Å²) in [5.74, 6) is 0.804. The molecule has 5 heteroatoms. The SMILES string of the molecule is CSc1ccc(C(=O)N(Cc2ccco2)Cc2cccs2)cc1. The lowest BCUT2D eigenvalue weighted by molar-refractivity contribution is 0.0719. The number of furan rings is 1. The fourth-order valence-electron chi connectivity index (χ4n) is 2.30. The molecule has 0 atom stereocenters. The van der Waals surface area contributed by atoms with E-state index >= 15 is 0 Å². The van der Waals surface area contributed by atoms with Crippen molar-refractivity contribution in [2.75, 3.05) is 6.26 Å². The Hall–Kier alpha value is -1.98. The van der Waals surface area contributed by atoms with Gasteiger partial charge in [0.15, 0.2) is 0 Å². The van der Waals surface area contributed by atoms with Crippen LogP contribution >= 0.6 is 23.1 Å². The second kappa shape index (κ2) is 7.53. The maximum atomic E-state index is 12.9. The van der Waals surface area contributed by atoms with E-state index in [1.165, 1.54) is 0 Å². The standard InChI is InChI=1S/C18H17NO2S2/c1-22-16-8-6-14(7-9-16)18(20)19(12-15-4-2-10-21-15)13-17-5-3-11-23-17/h2-11H,12-13H2,1H3. The highest BCUT2D eigenvalue weighted by Crippen LogP contribution is 2.20. The molecule has 1 amide bonds. The quantitative estimate of drug-likeness (QED) is 0.597. The molecule has 0 spiro atoms. The van der Waals surface area contributed by atoms with Crippen LogP contribution in [0, 0.1) is 0 Å². The number of thioether (sulfide) groups is 1. The second-order valence-electron chi connectivity index (χ2n) is 5.05. The van der Waals surface area contributed by atoms with Gasteiger partial charge in [-0.3, -0.25) is 4.79 Å². The number of thiophene rings is 1. The van der Waals surface area contributed by atoms with Gasteiger partial charge >= 0.3 is 0 Å². The van der Waals surface area contributed by atoms with Gasteiger partial charge in [0, 0.05) is 15.3 Å². The van der Waals surface area contributed by atoms with Crippen LogP contribution in [0.4, 0.5) is 0 Å². The summed E-state index contributed by atoms with van der Waals surface area (Å²) < 4.78 is 5.41. The molecule has 3 rings (SSSR count). The summed E-state index contributed by atoms with van der Waals surface area (Å²) in [6, 6.07) is 15.5. The minimum Gasteiger partial charge on any atom is -0.467 e. The van der Waals surface area contributed by atoms with Crippen LogP contribution in [0.2, 0.25) is 0 Å². The molecule has 2 heterocycles. The third kappa shape index (κ3) is 4.06. The van der Waals surface area contributed by atoms with Gasteiger partial charge in [-0.05, 0) is 54.1 Å². The Morgan fingerprint density at radius 1 is 1.13 bits per heavy atom. The molecular weight excluding hydrogens is 326 g/mol. The van der Waals surface area contributed by atoms with E-state index in [2.05, 4.69) is 0 Å². The summed E-state index contributed by atoms with van der Waals surface area (Å²) >= 11 is 3.32. The third-order valence-electron chi connectivity index (χ3n) is 3.48. The minimum absolute atomic E-state index is 0.0162. The Balaban J connectivity index is 1.81. The van der Waals surface area contributed by atoms with Gasteiger partial charge in [0.25, 0.3) is 5.91 Å². The van der Waals surface area contributed by atoms with E-state index in [9.17, 15) is 4.79 Å². The fraction of sp³-hybridized carbons (Fsp3) is 0.167. The Morgan fingerprint density at radius 3 is 2.57 bits per heavy atom. The molecule has 3 aromatic rings. The van der Waals surface area contributed by atoms with E-state index in [1.807, 2.05) is 65.1 Å². The first kappa shape index (κ1) is 15.9. The second-order valence-corrected chi connectivity index (χ2v) is 6.96. The van der Waals surface area contributed by atoms with Gasteiger partial charge in [-0.2, -0.15) is 0 Å². The van der Waals surface area contributed by atoms with E-state index < -0.39 is 0 Å². The van der Waals surface area contributed by atoms with Crippen LogP contribution in [-0.2, 0) is 13.1 Å². The van der Waals surface area contributed by atoms with Crippen LogP contribution in [0.3, 0.4) is 0 Å². The maximum absolute atomic E-state index is 12.9. The monoisotopic (exact) mass is 343 g/mol. The number of nitrogens with zero attached hydrogens (tertiary/aromatic N) is 1. The molecule has 0 aliphatic rings. The Morgan fingerprint density at radius 2 is 1.96 bits per heavy atom. The average molecular weight is 343 g/mol. The van der Waals surface area contributed by atoms with Gasteiger partial charge in [0.05, 0.1) is 19.4 Å². The highest BCUT2D eigenvalue weighted by Gasteiger charge is 2.18. The molecule has 3 nitrogen and oxygen atoms in total. The lowest BCUT2D eigenvalue weighted by Crippen LogP contribution is -2.29. The lowest BCUT2D eigenvalue weighted by Gasteiger charge is -2.21. The molecule has 0 bridgehead atoms. The highest BCUT2D eigenvalue weighted by molar-refractivity contribution is 7.98. The molecule has 0 aliphatic heterocycles. The first-order chi connectivity index (χ1) is 11.3. The van der Waals surface area contributed by atoms with E-state index in [-0.39, 0.29) is 5.91 Å². The molecule has 0 saturated heterocycles. The van der Waals surface area contributed by atoms with E-state index in [0.29, 0.717) is 18.7 Å². The Bertz CT molecular complexity index is 698. The molecule has 23 heavy (non-hydrogen) atoms. The Kier molecular flexibility index (Phi) is 5.20. The molecule has 0 radical (unpaired) electrons. The third-order valence-corrected chi connectivity index (χ3v) is 5.08. The molecular formula is C18H17NO2S2. The van der Waals surface area contributed by atoms with Crippen molar-refractivity contribution in [2.24, 2.45) is 0 Å². The van der Waals surface area contributed by atoms with E-state index in [1.54, 1.807) is 29.4 Å². The molecule has 0 unspecified atom stereocenters. The van der Waals surface area contributed by atoms with Gasteiger partial charge in [-0.25, -0.2) is 0 Å². The number of benzene rings is 1. The largest absolute Gasteiger partial charge is 0.467 e. The van der Waals surface area contributed by atoms with Crippen molar-refractivity contribution in [2.45, 2.75) is 18.0 Å². The molecule has 0 N–H and O–H groups in total. The van der Waals surface area contributed by atoms with Crippen LogP contribution in [0.25, 0.3) is 0 Å². The summed E-state index contributed by atoms with van der Waals surface area (Å²) in [6.07, 6.45) is 3.66. The van der Waals surface area contributed by atoms with Gasteiger partial charge < -0.3 is 9.32 Å². The van der Waals surface area contributed by atoms with Crippen LogP contribution in [0.1, 0.15) is 21.0 Å². The fourth-order valence-corrected chi connectivity index (χ4v) is 3.42. The van der Waals surface area contributed by atoms with Gasteiger partial charge in [0.1, 0.15) is 5.76 Å². The summed E-state index contributed by atoms with van der Waals surface area (Å²) in [7, 11) is 0. The molecule has 2 aromatic heterocycles.